The number of amides is 1. The summed E-state index contributed by atoms with van der Waals surface area (Å²) in [7, 11) is 1.83. The lowest BCUT2D eigenvalue weighted by Gasteiger charge is -2.30. The van der Waals surface area contributed by atoms with Crippen molar-refractivity contribution in [3.63, 3.8) is 0 Å². The molecule has 0 aromatic heterocycles. The predicted octanol–water partition coefficient (Wildman–Crippen LogP) is 4.29. The fourth-order valence-electron chi connectivity index (χ4n) is 4.75. The molecule has 2 aromatic rings. The molecule has 2 unspecified atom stereocenters. The molecule has 2 aliphatic rings. The van der Waals surface area contributed by atoms with E-state index in [4.69, 9.17) is 9.47 Å². The van der Waals surface area contributed by atoms with Gasteiger partial charge in [-0.2, -0.15) is 0 Å². The molecule has 0 radical (unpaired) electrons. The number of carbonyl (C=O) groups is 1. The fraction of sp³-hybridized carbons (Fsp3) is 0.435. The summed E-state index contributed by atoms with van der Waals surface area (Å²) in [6.45, 7) is 1.89. The first-order valence-electron chi connectivity index (χ1n) is 9.72. The van der Waals surface area contributed by atoms with Crippen LogP contribution in [0.4, 0.5) is 4.79 Å². The molecular formula is C23H27NO3. The smallest absolute Gasteiger partial charge is 0.410 e. The van der Waals surface area contributed by atoms with Crippen LogP contribution in [0.5, 0.6) is 0 Å². The molecule has 4 nitrogen and oxygen atoms in total. The van der Waals surface area contributed by atoms with E-state index in [-0.39, 0.29) is 11.7 Å². The first kappa shape index (κ1) is 18.1. The van der Waals surface area contributed by atoms with Crippen molar-refractivity contribution in [2.24, 2.45) is 11.8 Å². The molecule has 27 heavy (non-hydrogen) atoms. The highest BCUT2D eigenvalue weighted by molar-refractivity contribution is 5.68. The fourth-order valence-corrected chi connectivity index (χ4v) is 4.75. The summed E-state index contributed by atoms with van der Waals surface area (Å²) in [4.78, 5) is 14.3. The third-order valence-electron chi connectivity index (χ3n) is 6.11. The number of likely N-dealkylation sites (tertiary alicyclic amines) is 1. The highest BCUT2D eigenvalue weighted by Gasteiger charge is 2.50. The van der Waals surface area contributed by atoms with E-state index in [1.54, 1.807) is 0 Å². The van der Waals surface area contributed by atoms with Crippen LogP contribution in [-0.2, 0) is 22.5 Å². The maximum absolute atomic E-state index is 12.4. The zero-order valence-electron chi connectivity index (χ0n) is 15.8. The van der Waals surface area contributed by atoms with Gasteiger partial charge in [0, 0.05) is 26.6 Å². The molecule has 1 saturated carbocycles. The number of methoxy groups -OCH3 is 1. The maximum atomic E-state index is 12.4. The van der Waals surface area contributed by atoms with Crippen LogP contribution in [0.3, 0.4) is 0 Å². The summed E-state index contributed by atoms with van der Waals surface area (Å²) in [6.07, 6.45) is 2.76. The van der Waals surface area contributed by atoms with Gasteiger partial charge in [0.2, 0.25) is 0 Å². The van der Waals surface area contributed by atoms with Gasteiger partial charge in [0.25, 0.3) is 0 Å². The molecule has 0 spiro atoms. The zero-order chi connectivity index (χ0) is 18.7. The molecule has 4 rings (SSSR count). The average molecular weight is 365 g/mol. The second kappa shape index (κ2) is 7.73. The van der Waals surface area contributed by atoms with E-state index in [0.717, 1.165) is 37.9 Å². The largest absolute Gasteiger partial charge is 0.445 e. The molecule has 0 bridgehead atoms. The number of nitrogens with zero attached hydrogens (tertiary/aromatic N) is 1. The van der Waals surface area contributed by atoms with Crippen LogP contribution in [0.25, 0.3) is 0 Å². The third kappa shape index (κ3) is 4.01. The number of rotatable bonds is 5. The van der Waals surface area contributed by atoms with Gasteiger partial charge in [0.1, 0.15) is 6.61 Å². The third-order valence-corrected chi connectivity index (χ3v) is 6.11. The Morgan fingerprint density at radius 1 is 0.963 bits per heavy atom. The van der Waals surface area contributed by atoms with E-state index in [9.17, 15) is 4.79 Å². The highest BCUT2D eigenvalue weighted by Crippen LogP contribution is 2.47. The van der Waals surface area contributed by atoms with Crippen LogP contribution in [0.15, 0.2) is 60.7 Å². The SMILES string of the molecule is COC1(Cc2ccccc2)CC2CN(C(=O)OCc3ccccc3)CC2C1. The zero-order valence-corrected chi connectivity index (χ0v) is 15.8. The van der Waals surface area contributed by atoms with Crippen molar-refractivity contribution < 1.29 is 14.3 Å². The number of hydrogen-bond acceptors (Lipinski definition) is 3. The minimum absolute atomic E-state index is 0.100. The van der Waals surface area contributed by atoms with Crippen LogP contribution in [0.2, 0.25) is 0 Å². The number of benzene rings is 2. The molecule has 0 N–H and O–H groups in total. The Bertz CT molecular complexity index is 748. The highest BCUT2D eigenvalue weighted by atomic mass is 16.6. The molecule has 1 amide bonds. The van der Waals surface area contributed by atoms with E-state index in [2.05, 4.69) is 24.3 Å². The molecule has 1 aliphatic heterocycles. The molecule has 4 heteroatoms. The summed E-state index contributed by atoms with van der Waals surface area (Å²) >= 11 is 0. The molecule has 1 saturated heterocycles. The van der Waals surface area contributed by atoms with Crippen molar-refractivity contribution in [1.29, 1.82) is 0 Å². The Hall–Kier alpha value is -2.33. The molecule has 1 heterocycles. The minimum Gasteiger partial charge on any atom is -0.445 e. The van der Waals surface area contributed by atoms with Crippen molar-refractivity contribution >= 4 is 6.09 Å². The maximum Gasteiger partial charge on any atom is 0.410 e. The van der Waals surface area contributed by atoms with Gasteiger partial charge in [0.15, 0.2) is 0 Å². The normalized spacial score (nSPS) is 26.8. The van der Waals surface area contributed by atoms with Gasteiger partial charge in [-0.05, 0) is 35.8 Å². The molecule has 2 fully saturated rings. The Morgan fingerprint density at radius 3 is 2.07 bits per heavy atom. The lowest BCUT2D eigenvalue weighted by atomic mass is 9.91. The van der Waals surface area contributed by atoms with Crippen LogP contribution < -0.4 is 0 Å². The van der Waals surface area contributed by atoms with Crippen molar-refractivity contribution in [3.8, 4) is 0 Å². The first-order chi connectivity index (χ1) is 13.2. The van der Waals surface area contributed by atoms with E-state index in [1.807, 2.05) is 48.4 Å². The van der Waals surface area contributed by atoms with Gasteiger partial charge in [-0.15, -0.1) is 0 Å². The van der Waals surface area contributed by atoms with Gasteiger partial charge in [-0.25, -0.2) is 4.79 Å². The van der Waals surface area contributed by atoms with Crippen molar-refractivity contribution in [1.82, 2.24) is 4.90 Å². The van der Waals surface area contributed by atoms with Crippen molar-refractivity contribution in [3.05, 3.63) is 71.8 Å². The van der Waals surface area contributed by atoms with Crippen LogP contribution in [0.1, 0.15) is 24.0 Å². The van der Waals surface area contributed by atoms with E-state index >= 15 is 0 Å². The first-order valence-corrected chi connectivity index (χ1v) is 9.72. The molecule has 2 atom stereocenters. The van der Waals surface area contributed by atoms with Crippen LogP contribution in [-0.4, -0.2) is 36.8 Å². The minimum atomic E-state index is -0.195. The number of hydrogen-bond donors (Lipinski definition) is 0. The Kier molecular flexibility index (Phi) is 5.17. The molecular weight excluding hydrogens is 338 g/mol. The lowest BCUT2D eigenvalue weighted by Crippen LogP contribution is -2.36. The molecule has 142 valence electrons. The Morgan fingerprint density at radius 2 is 1.52 bits per heavy atom. The lowest BCUT2D eigenvalue weighted by molar-refractivity contribution is -0.0133. The van der Waals surface area contributed by atoms with Crippen molar-refractivity contribution in [2.75, 3.05) is 20.2 Å². The summed E-state index contributed by atoms with van der Waals surface area (Å²) in [5.74, 6) is 0.996. The Labute approximate surface area is 161 Å². The van der Waals surface area contributed by atoms with Gasteiger partial charge >= 0.3 is 6.09 Å². The van der Waals surface area contributed by atoms with Crippen LogP contribution >= 0.6 is 0 Å². The standard InChI is InChI=1S/C23H27NO3/c1-26-23(12-18-8-4-2-5-9-18)13-20-15-24(16-21(20)14-23)22(25)27-17-19-10-6-3-7-11-19/h2-11,20-21H,12-17H2,1H3. The second-order valence-corrected chi connectivity index (χ2v) is 7.92. The van der Waals surface area contributed by atoms with Crippen molar-refractivity contribution in [2.45, 2.75) is 31.5 Å². The van der Waals surface area contributed by atoms with Gasteiger partial charge in [-0.3, -0.25) is 0 Å². The van der Waals surface area contributed by atoms with E-state index in [1.165, 1.54) is 5.56 Å². The van der Waals surface area contributed by atoms with Gasteiger partial charge in [0.05, 0.1) is 5.60 Å². The summed E-state index contributed by atoms with van der Waals surface area (Å²) in [5.41, 5.74) is 2.24. The number of carbonyl (C=O) groups excluding carboxylic acids is 1. The van der Waals surface area contributed by atoms with Crippen LogP contribution in [0, 0.1) is 11.8 Å². The topological polar surface area (TPSA) is 38.8 Å². The predicted molar refractivity (Wildman–Crippen MR) is 104 cm³/mol. The number of fused-ring (bicyclic) bond motifs is 1. The summed E-state index contributed by atoms with van der Waals surface area (Å²) in [6, 6.07) is 20.4. The van der Waals surface area contributed by atoms with E-state index < -0.39 is 0 Å². The molecule has 1 aliphatic carbocycles. The van der Waals surface area contributed by atoms with Gasteiger partial charge < -0.3 is 14.4 Å². The van der Waals surface area contributed by atoms with E-state index in [0.29, 0.717) is 18.4 Å². The average Bonchev–Trinajstić information content (AvgIpc) is 3.24. The quantitative estimate of drug-likeness (QED) is 0.793. The summed E-state index contributed by atoms with van der Waals surface area (Å²) in [5, 5.41) is 0. The van der Waals surface area contributed by atoms with Gasteiger partial charge in [-0.1, -0.05) is 60.7 Å². The molecule has 2 aromatic carbocycles. The monoisotopic (exact) mass is 365 g/mol. The summed E-state index contributed by atoms with van der Waals surface area (Å²) < 4.78 is 11.5. The second-order valence-electron chi connectivity index (χ2n) is 7.92. The number of ether oxygens (including phenoxy) is 2. The Balaban J connectivity index is 1.32.